The van der Waals surface area contributed by atoms with Gasteiger partial charge in [0, 0.05) is 88.1 Å². The van der Waals surface area contributed by atoms with Crippen molar-refractivity contribution in [3.8, 4) is 95.6 Å². The molecule has 0 saturated carbocycles. The fraction of sp³-hybridized carbons (Fsp3) is 0. The van der Waals surface area contributed by atoms with Crippen molar-refractivity contribution in [2.24, 2.45) is 0 Å². The van der Waals surface area contributed by atoms with Crippen molar-refractivity contribution in [1.82, 2.24) is 24.5 Å². The van der Waals surface area contributed by atoms with Crippen LogP contribution >= 0.6 is 0 Å². The topological polar surface area (TPSA) is 82.8 Å². The van der Waals surface area contributed by atoms with Crippen LogP contribution < -0.4 is 0 Å². The maximum absolute atomic E-state index is 6.88. The molecular formula is C118H67N5O2. The standard InChI is InChI=1S/C40H23N5.C40H22O.C38H22O/c1-3-9-24(10-4-1)31-21-19-28(23-41-31)39-42-38(27-11-5-2-6-12-27)43-40(44-39)45-32-16-8-15-30-29-14-7-13-25-17-18-26-20-22-33(45)37(36(30)32)35(26)34(25)29;1-2-10-23(11-3-1)34-26-13-4-6-15-29(26)37(30-16-7-5-14-27(30)34)32-22-25-21-20-24-12-8-17-28-31-18-9-19-33-38(31)39(40(32)41-33)36(25)35(24)28;1-2-6-23(7-3-1)24-12-14-25(15-13-24)26-16-18-27(19-17-26)32-22-29-21-20-28-8-4-9-30-31-10-5-11-33-36(31)37(38(32)39-33)35(29)34(28)30/h1-23H;1-22H;1-22H. The van der Waals surface area contributed by atoms with Gasteiger partial charge in [-0.3, -0.25) is 9.55 Å². The summed E-state index contributed by atoms with van der Waals surface area (Å²) in [5.74, 6) is 1.79. The summed E-state index contributed by atoms with van der Waals surface area (Å²) in [5.41, 5.74) is 21.9. The molecule has 0 aliphatic rings. The van der Waals surface area contributed by atoms with Gasteiger partial charge in [-0.05, 0) is 190 Å². The van der Waals surface area contributed by atoms with Crippen LogP contribution in [0.5, 0.6) is 0 Å². The summed E-state index contributed by atoms with van der Waals surface area (Å²) in [6.45, 7) is 0. The highest BCUT2D eigenvalue weighted by molar-refractivity contribution is 6.44. The van der Waals surface area contributed by atoms with Crippen molar-refractivity contribution in [3.05, 3.63) is 407 Å². The summed E-state index contributed by atoms with van der Waals surface area (Å²) < 4.78 is 15.7. The smallest absolute Gasteiger partial charge is 0.238 e. The maximum Gasteiger partial charge on any atom is 0.238 e. The monoisotopic (exact) mass is 1590 g/mol. The Balaban J connectivity index is 0.0000000980. The number of nitrogens with zero attached hydrogens (tertiary/aromatic N) is 5. The normalized spacial score (nSPS) is 12.2. The van der Waals surface area contributed by atoms with Crippen molar-refractivity contribution >= 4 is 184 Å². The number of benzene rings is 24. The minimum absolute atomic E-state index is 0.582. The van der Waals surface area contributed by atoms with Gasteiger partial charge in [-0.1, -0.05) is 352 Å². The molecule has 0 spiro atoms. The van der Waals surface area contributed by atoms with Crippen LogP contribution in [-0.4, -0.2) is 24.5 Å². The molecular weight excluding hydrogens is 1520 g/mol. The molecule has 0 bridgehead atoms. The minimum Gasteiger partial charge on any atom is -0.455 e. The van der Waals surface area contributed by atoms with Gasteiger partial charge in [-0.2, -0.15) is 9.97 Å². The van der Waals surface area contributed by atoms with E-state index in [0.29, 0.717) is 17.6 Å². The lowest BCUT2D eigenvalue weighted by molar-refractivity contribution is 0.670. The van der Waals surface area contributed by atoms with Crippen LogP contribution in [-0.2, 0) is 0 Å². The molecule has 0 saturated heterocycles. The summed E-state index contributed by atoms with van der Waals surface area (Å²) in [6, 6.07) is 143. The molecule has 576 valence electrons. The number of fused-ring (bicyclic) bond motifs is 5. The van der Waals surface area contributed by atoms with E-state index in [0.717, 1.165) is 66.9 Å². The molecule has 5 heterocycles. The van der Waals surface area contributed by atoms with Crippen LogP contribution in [0.2, 0.25) is 0 Å². The number of hydrogen-bond acceptors (Lipinski definition) is 6. The Morgan fingerprint density at radius 1 is 0.200 bits per heavy atom. The van der Waals surface area contributed by atoms with Gasteiger partial charge in [0.1, 0.15) is 22.3 Å². The summed E-state index contributed by atoms with van der Waals surface area (Å²) in [4.78, 5) is 20.0. The van der Waals surface area contributed by atoms with Crippen molar-refractivity contribution in [3.63, 3.8) is 0 Å². The van der Waals surface area contributed by atoms with Crippen LogP contribution in [0.25, 0.3) is 280 Å². The molecule has 29 aromatic rings. The van der Waals surface area contributed by atoms with Gasteiger partial charge in [0.15, 0.2) is 11.6 Å². The number of rotatable bonds is 9. The Labute approximate surface area is 714 Å². The average molecular weight is 1590 g/mol. The van der Waals surface area contributed by atoms with E-state index >= 15 is 0 Å². The van der Waals surface area contributed by atoms with E-state index in [1.165, 1.54) is 195 Å². The molecule has 125 heavy (non-hydrogen) atoms. The molecule has 5 aromatic heterocycles. The van der Waals surface area contributed by atoms with Crippen LogP contribution in [0.4, 0.5) is 0 Å². The zero-order valence-corrected chi connectivity index (χ0v) is 67.2. The molecule has 0 amide bonds. The molecule has 7 heteroatoms. The minimum atomic E-state index is 0.582. The van der Waals surface area contributed by atoms with Crippen LogP contribution in [0.1, 0.15) is 0 Å². The largest absolute Gasteiger partial charge is 0.455 e. The molecule has 0 unspecified atom stereocenters. The quantitative estimate of drug-likeness (QED) is 0.106. The molecule has 0 radical (unpaired) electrons. The van der Waals surface area contributed by atoms with E-state index in [1.807, 2.05) is 66.9 Å². The maximum atomic E-state index is 6.88. The highest BCUT2D eigenvalue weighted by Crippen LogP contribution is 2.55. The third kappa shape index (κ3) is 10.3. The second kappa shape index (κ2) is 26.9. The molecule has 24 aromatic carbocycles. The number of furan rings is 2. The van der Waals surface area contributed by atoms with Crippen molar-refractivity contribution in [2.75, 3.05) is 0 Å². The van der Waals surface area contributed by atoms with Crippen LogP contribution in [0.15, 0.2) is 415 Å². The zero-order valence-electron chi connectivity index (χ0n) is 67.2. The molecule has 29 rings (SSSR count). The second-order valence-corrected chi connectivity index (χ2v) is 33.2. The van der Waals surface area contributed by atoms with Crippen LogP contribution in [0.3, 0.4) is 0 Å². The molecule has 7 nitrogen and oxygen atoms in total. The summed E-state index contributed by atoms with van der Waals surface area (Å²) in [6.07, 6.45) is 1.86. The molecule has 0 fully saturated rings. The Kier molecular flexibility index (Phi) is 14.9. The first-order valence-electron chi connectivity index (χ1n) is 42.7. The number of hydrogen-bond donors (Lipinski definition) is 0. The molecule has 0 N–H and O–H groups in total. The summed E-state index contributed by atoms with van der Waals surface area (Å²) in [5, 5.41) is 35.5. The van der Waals surface area contributed by atoms with Gasteiger partial charge in [0.2, 0.25) is 5.95 Å². The van der Waals surface area contributed by atoms with Gasteiger partial charge in [0.05, 0.1) is 16.7 Å². The van der Waals surface area contributed by atoms with E-state index < -0.39 is 0 Å². The Bertz CT molecular complexity index is 9250. The lowest BCUT2D eigenvalue weighted by Gasteiger charge is -2.19. The van der Waals surface area contributed by atoms with Gasteiger partial charge in [-0.15, -0.1) is 0 Å². The third-order valence-electron chi connectivity index (χ3n) is 26.6. The second-order valence-electron chi connectivity index (χ2n) is 33.2. The van der Waals surface area contributed by atoms with E-state index in [2.05, 4.69) is 344 Å². The fourth-order valence-electron chi connectivity index (χ4n) is 21.1. The summed E-state index contributed by atoms with van der Waals surface area (Å²) >= 11 is 0. The van der Waals surface area contributed by atoms with Crippen molar-refractivity contribution in [2.45, 2.75) is 0 Å². The third-order valence-corrected chi connectivity index (χ3v) is 26.6. The highest BCUT2D eigenvalue weighted by Gasteiger charge is 2.30. The summed E-state index contributed by atoms with van der Waals surface area (Å²) in [7, 11) is 0. The highest BCUT2D eigenvalue weighted by atomic mass is 16.3. The molecule has 0 aliphatic carbocycles. The Morgan fingerprint density at radius 3 is 1.07 bits per heavy atom. The van der Waals surface area contributed by atoms with Gasteiger partial charge in [-0.25, -0.2) is 4.98 Å². The van der Waals surface area contributed by atoms with E-state index in [4.69, 9.17) is 28.8 Å². The lowest BCUT2D eigenvalue weighted by Crippen LogP contribution is -2.06. The molecule has 0 atom stereocenters. The first kappa shape index (κ1) is 69.1. The van der Waals surface area contributed by atoms with E-state index in [1.54, 1.807) is 0 Å². The van der Waals surface area contributed by atoms with Gasteiger partial charge in [0.25, 0.3) is 0 Å². The number of pyridine rings is 1. The van der Waals surface area contributed by atoms with Gasteiger partial charge >= 0.3 is 0 Å². The average Bonchev–Trinajstić information content (AvgIpc) is 1.60. The Morgan fingerprint density at radius 2 is 0.560 bits per heavy atom. The molecule has 0 aliphatic heterocycles. The first-order chi connectivity index (χ1) is 62.0. The fourth-order valence-corrected chi connectivity index (χ4v) is 21.1. The SMILES string of the molecule is c1ccc(-c2c3ccccc3c(-c3cc4ccc5cccc6c7cccc8oc3c(c87)c4c56)c3ccccc23)cc1.c1ccc(-c2ccc(-c3ccc(-c4cc5ccc6cccc7c8cccc9oc4c(c98)c5c67)cc3)cc2)cc1.c1ccc(-c2ccc(-c3nc(-c4ccccc4)nc(-n4c5cccc6c7cccc8ccc9ccc4c(c9c87)c65)n3)cn2)cc1. The van der Waals surface area contributed by atoms with Crippen LogP contribution in [0, 0.1) is 0 Å². The predicted octanol–water partition coefficient (Wildman–Crippen LogP) is 32.2. The first-order valence-corrected chi connectivity index (χ1v) is 42.7. The lowest BCUT2D eigenvalue weighted by atomic mass is 9.83. The van der Waals surface area contributed by atoms with Gasteiger partial charge < -0.3 is 8.83 Å². The predicted molar refractivity (Wildman–Crippen MR) is 523 cm³/mol. The van der Waals surface area contributed by atoms with Crippen molar-refractivity contribution < 1.29 is 8.83 Å². The number of aromatic nitrogens is 5. The van der Waals surface area contributed by atoms with E-state index in [9.17, 15) is 0 Å². The Hall–Kier alpha value is -16.7. The van der Waals surface area contributed by atoms with E-state index in [-0.39, 0.29) is 0 Å². The van der Waals surface area contributed by atoms with Crippen molar-refractivity contribution in [1.29, 1.82) is 0 Å². The zero-order chi connectivity index (χ0) is 81.6.